The van der Waals surface area contributed by atoms with E-state index in [1.165, 1.54) is 6.08 Å². The highest BCUT2D eigenvalue weighted by Gasteiger charge is 1.91. The average molecular weight is 200 g/mol. The van der Waals surface area contributed by atoms with Gasteiger partial charge in [0.25, 0.3) is 0 Å². The molecule has 0 saturated heterocycles. The first-order chi connectivity index (χ1) is 7.22. The molecule has 1 aromatic rings. The van der Waals surface area contributed by atoms with Crippen molar-refractivity contribution in [2.45, 2.75) is 6.42 Å². The molecule has 0 fully saturated rings. The number of primary amides is 1. The molecule has 1 rings (SSSR count). The molecule has 0 radical (unpaired) electrons. The van der Waals surface area contributed by atoms with Crippen molar-refractivity contribution >= 4 is 17.7 Å². The van der Waals surface area contributed by atoms with Gasteiger partial charge in [-0.15, -0.1) is 0 Å². The van der Waals surface area contributed by atoms with E-state index in [2.05, 4.69) is 16.8 Å². The largest absolute Gasteiger partial charge is 0.369 e. The Hall–Kier alpha value is -2.37. The summed E-state index contributed by atoms with van der Waals surface area (Å²) in [5.41, 5.74) is 6.08. The number of nitrogens with two attached hydrogens (primary N) is 1. The average Bonchev–Trinajstić information content (AvgIpc) is 2.18. The summed E-state index contributed by atoms with van der Waals surface area (Å²) in [6, 6.07) is 6.74. The van der Waals surface area contributed by atoms with Gasteiger partial charge < -0.3 is 5.73 Å². The fourth-order valence-electron chi connectivity index (χ4n) is 0.939. The Bertz CT molecular complexity index is 477. The third-order valence-corrected chi connectivity index (χ3v) is 1.52. The van der Waals surface area contributed by atoms with E-state index in [9.17, 15) is 9.59 Å². The quantitative estimate of drug-likeness (QED) is 0.437. The lowest BCUT2D eigenvalue weighted by atomic mass is 10.2. The normalized spacial score (nSPS) is 8.27. The summed E-state index contributed by atoms with van der Waals surface area (Å²) in [6.07, 6.45) is 1.45. The van der Waals surface area contributed by atoms with Crippen molar-refractivity contribution in [1.82, 2.24) is 0 Å². The van der Waals surface area contributed by atoms with Crippen LogP contribution >= 0.6 is 0 Å². The molecule has 4 nitrogen and oxygen atoms in total. The van der Waals surface area contributed by atoms with Crippen LogP contribution in [0.1, 0.15) is 12.0 Å². The van der Waals surface area contributed by atoms with Gasteiger partial charge in [-0.3, -0.25) is 4.79 Å². The summed E-state index contributed by atoms with van der Waals surface area (Å²) in [5.74, 6) is 4.87. The first-order valence-electron chi connectivity index (χ1n) is 4.17. The SMILES string of the molecule is NC(=O)CC#Cc1cccc(N=C=O)c1. The van der Waals surface area contributed by atoms with Crippen molar-refractivity contribution in [3.05, 3.63) is 29.8 Å². The Balaban J connectivity index is 2.84. The van der Waals surface area contributed by atoms with E-state index in [1.54, 1.807) is 24.3 Å². The highest BCUT2D eigenvalue weighted by Crippen LogP contribution is 2.12. The third-order valence-electron chi connectivity index (χ3n) is 1.52. The number of benzene rings is 1. The van der Waals surface area contributed by atoms with Crippen LogP contribution in [-0.4, -0.2) is 12.0 Å². The molecule has 0 aliphatic heterocycles. The zero-order valence-electron chi connectivity index (χ0n) is 7.86. The minimum absolute atomic E-state index is 0.0151. The van der Waals surface area contributed by atoms with Gasteiger partial charge in [-0.25, -0.2) is 4.79 Å². The summed E-state index contributed by atoms with van der Waals surface area (Å²) in [5, 5.41) is 0. The molecule has 0 aliphatic rings. The van der Waals surface area contributed by atoms with E-state index >= 15 is 0 Å². The molecule has 0 heterocycles. The van der Waals surface area contributed by atoms with E-state index in [0.29, 0.717) is 11.3 Å². The van der Waals surface area contributed by atoms with Crippen LogP contribution < -0.4 is 5.73 Å². The number of hydrogen-bond donors (Lipinski definition) is 1. The van der Waals surface area contributed by atoms with Crippen molar-refractivity contribution in [1.29, 1.82) is 0 Å². The Kier molecular flexibility index (Phi) is 3.84. The van der Waals surface area contributed by atoms with Crippen LogP contribution in [-0.2, 0) is 9.59 Å². The molecular formula is C11H8N2O2. The van der Waals surface area contributed by atoms with E-state index in [-0.39, 0.29) is 6.42 Å². The standard InChI is InChI=1S/C11H8N2O2/c12-11(15)6-2-4-9-3-1-5-10(7-9)13-8-14/h1,3,5,7H,6H2,(H2,12,15). The number of nitrogens with zero attached hydrogens (tertiary/aromatic N) is 1. The van der Waals surface area contributed by atoms with E-state index in [0.717, 1.165) is 0 Å². The number of isocyanates is 1. The first kappa shape index (κ1) is 10.7. The van der Waals surface area contributed by atoms with Crippen molar-refractivity contribution in [2.24, 2.45) is 10.7 Å². The van der Waals surface area contributed by atoms with Gasteiger partial charge in [0.1, 0.15) is 0 Å². The highest BCUT2D eigenvalue weighted by molar-refractivity contribution is 5.76. The van der Waals surface area contributed by atoms with Gasteiger partial charge in [0.2, 0.25) is 12.0 Å². The summed E-state index contributed by atoms with van der Waals surface area (Å²) in [6.45, 7) is 0. The maximum atomic E-state index is 10.4. The lowest BCUT2D eigenvalue weighted by Crippen LogP contribution is -2.08. The molecule has 0 atom stereocenters. The molecule has 1 amide bonds. The lowest BCUT2D eigenvalue weighted by Gasteiger charge is -1.91. The van der Waals surface area contributed by atoms with Gasteiger partial charge in [0.15, 0.2) is 0 Å². The summed E-state index contributed by atoms with van der Waals surface area (Å²) in [7, 11) is 0. The monoisotopic (exact) mass is 200 g/mol. The van der Waals surface area contributed by atoms with Crippen LogP contribution in [0, 0.1) is 11.8 Å². The van der Waals surface area contributed by atoms with E-state index in [4.69, 9.17) is 5.73 Å². The Morgan fingerprint density at radius 3 is 2.93 bits per heavy atom. The molecule has 0 bridgehead atoms. The fourth-order valence-corrected chi connectivity index (χ4v) is 0.939. The topological polar surface area (TPSA) is 72.5 Å². The Morgan fingerprint density at radius 2 is 2.27 bits per heavy atom. The van der Waals surface area contributed by atoms with E-state index in [1.807, 2.05) is 0 Å². The first-order valence-corrected chi connectivity index (χ1v) is 4.17. The van der Waals surface area contributed by atoms with Crippen molar-refractivity contribution in [3.8, 4) is 11.8 Å². The predicted molar refractivity (Wildman–Crippen MR) is 54.9 cm³/mol. The minimum atomic E-state index is -0.468. The summed E-state index contributed by atoms with van der Waals surface area (Å²) < 4.78 is 0. The second-order valence-corrected chi connectivity index (χ2v) is 2.70. The number of amides is 1. The molecule has 0 spiro atoms. The van der Waals surface area contributed by atoms with Gasteiger partial charge in [0.05, 0.1) is 12.1 Å². The highest BCUT2D eigenvalue weighted by atomic mass is 16.1. The zero-order valence-corrected chi connectivity index (χ0v) is 7.86. The lowest BCUT2D eigenvalue weighted by molar-refractivity contribution is -0.117. The van der Waals surface area contributed by atoms with Crippen LogP contribution in [0.3, 0.4) is 0 Å². The van der Waals surface area contributed by atoms with Gasteiger partial charge in [-0.2, -0.15) is 4.99 Å². The van der Waals surface area contributed by atoms with Crippen LogP contribution in [0.15, 0.2) is 29.3 Å². The number of rotatable bonds is 2. The number of carbonyl (C=O) groups is 1. The maximum Gasteiger partial charge on any atom is 0.240 e. The second-order valence-electron chi connectivity index (χ2n) is 2.70. The smallest absolute Gasteiger partial charge is 0.240 e. The third kappa shape index (κ3) is 3.90. The molecule has 4 heteroatoms. The molecule has 15 heavy (non-hydrogen) atoms. The molecule has 0 unspecified atom stereocenters. The van der Waals surface area contributed by atoms with Gasteiger partial charge in [-0.1, -0.05) is 17.9 Å². The Morgan fingerprint density at radius 1 is 1.47 bits per heavy atom. The molecular weight excluding hydrogens is 192 g/mol. The maximum absolute atomic E-state index is 10.4. The molecule has 1 aromatic carbocycles. The van der Waals surface area contributed by atoms with Crippen molar-refractivity contribution in [3.63, 3.8) is 0 Å². The number of aliphatic imine (C=N–C) groups is 1. The molecule has 0 aliphatic carbocycles. The predicted octanol–water partition coefficient (Wildman–Crippen LogP) is 0.881. The molecule has 74 valence electrons. The summed E-state index contributed by atoms with van der Waals surface area (Å²) in [4.78, 5) is 23.9. The van der Waals surface area contributed by atoms with Crippen molar-refractivity contribution < 1.29 is 9.59 Å². The molecule has 2 N–H and O–H groups in total. The van der Waals surface area contributed by atoms with E-state index < -0.39 is 5.91 Å². The molecule has 0 aromatic heterocycles. The van der Waals surface area contributed by atoms with Gasteiger partial charge >= 0.3 is 0 Å². The number of carbonyl (C=O) groups excluding carboxylic acids is 2. The van der Waals surface area contributed by atoms with Crippen LogP contribution in [0.2, 0.25) is 0 Å². The number of hydrogen-bond acceptors (Lipinski definition) is 3. The van der Waals surface area contributed by atoms with Gasteiger partial charge in [0, 0.05) is 5.56 Å². The van der Waals surface area contributed by atoms with Crippen molar-refractivity contribution in [2.75, 3.05) is 0 Å². The molecule has 0 saturated carbocycles. The summed E-state index contributed by atoms with van der Waals surface area (Å²) >= 11 is 0. The minimum Gasteiger partial charge on any atom is -0.369 e. The van der Waals surface area contributed by atoms with Crippen LogP contribution in [0.4, 0.5) is 5.69 Å². The van der Waals surface area contributed by atoms with Gasteiger partial charge in [-0.05, 0) is 18.2 Å². The second kappa shape index (κ2) is 5.38. The van der Waals surface area contributed by atoms with Crippen LogP contribution in [0.5, 0.6) is 0 Å². The Labute approximate surface area is 86.8 Å². The fraction of sp³-hybridized carbons (Fsp3) is 0.0909. The van der Waals surface area contributed by atoms with Crippen LogP contribution in [0.25, 0.3) is 0 Å². The zero-order chi connectivity index (χ0) is 11.1.